The fourth-order valence-electron chi connectivity index (χ4n) is 4.39. The zero-order chi connectivity index (χ0) is 24.5. The molecule has 1 amide bonds. The average molecular weight is 602 g/mol. The van der Waals surface area contributed by atoms with E-state index in [-0.39, 0.29) is 6.10 Å². The Morgan fingerprint density at radius 1 is 1.17 bits per heavy atom. The summed E-state index contributed by atoms with van der Waals surface area (Å²) < 4.78 is 9.39. The van der Waals surface area contributed by atoms with Gasteiger partial charge < -0.3 is 15.4 Å². The molecule has 35 heavy (non-hydrogen) atoms. The number of halogens is 1. The van der Waals surface area contributed by atoms with Crippen LogP contribution in [0.4, 0.5) is 0 Å². The van der Waals surface area contributed by atoms with Crippen molar-refractivity contribution in [2.24, 2.45) is 5.73 Å². The monoisotopic (exact) mass is 601 g/mol. The van der Waals surface area contributed by atoms with Crippen molar-refractivity contribution in [3.05, 3.63) is 74.4 Å². The van der Waals surface area contributed by atoms with Gasteiger partial charge >= 0.3 is 0 Å². The van der Waals surface area contributed by atoms with Crippen molar-refractivity contribution in [2.75, 3.05) is 33.2 Å². The molecular formula is C26H28IN5O2S. The number of amides is 1. The molecule has 9 heteroatoms. The molecule has 2 aromatic carbocycles. The molecule has 1 aliphatic rings. The normalized spacial score (nSPS) is 16.0. The number of primary amides is 1. The number of ether oxygens (including phenoxy) is 1. The lowest BCUT2D eigenvalue weighted by atomic mass is 10.1. The predicted octanol–water partition coefficient (Wildman–Crippen LogP) is 4.68. The molecule has 0 bridgehead atoms. The van der Waals surface area contributed by atoms with Gasteiger partial charge in [0.05, 0.1) is 11.0 Å². The lowest BCUT2D eigenvalue weighted by Crippen LogP contribution is -2.43. The number of hydrogen-bond acceptors (Lipinski definition) is 6. The third-order valence-electron chi connectivity index (χ3n) is 6.41. The van der Waals surface area contributed by atoms with E-state index in [9.17, 15) is 4.79 Å². The first-order valence-corrected chi connectivity index (χ1v) is 13.5. The number of carbonyl (C=O) groups excluding carboxylic acids is 1. The first kappa shape index (κ1) is 24.2. The van der Waals surface area contributed by atoms with Gasteiger partial charge in [-0.25, -0.2) is 4.98 Å². The van der Waals surface area contributed by atoms with Crippen molar-refractivity contribution in [2.45, 2.75) is 19.6 Å². The van der Waals surface area contributed by atoms with Gasteiger partial charge in [0.25, 0.3) is 5.91 Å². The number of likely N-dealkylation sites (N-methyl/N-ethyl adjacent to an activating group) is 1. The van der Waals surface area contributed by atoms with Gasteiger partial charge in [0.1, 0.15) is 28.1 Å². The maximum atomic E-state index is 12.3. The molecule has 0 saturated carbocycles. The molecular weight excluding hydrogens is 573 g/mol. The van der Waals surface area contributed by atoms with Crippen LogP contribution in [0.25, 0.3) is 16.0 Å². The van der Waals surface area contributed by atoms with Crippen LogP contribution >= 0.6 is 33.9 Å². The molecule has 182 valence electrons. The van der Waals surface area contributed by atoms with Gasteiger partial charge in [-0.2, -0.15) is 0 Å². The van der Waals surface area contributed by atoms with Crippen LogP contribution < -0.4 is 10.5 Å². The summed E-state index contributed by atoms with van der Waals surface area (Å²) in [4.78, 5) is 22.1. The molecule has 7 nitrogen and oxygen atoms in total. The highest BCUT2D eigenvalue weighted by molar-refractivity contribution is 14.1. The zero-order valence-corrected chi connectivity index (χ0v) is 22.8. The van der Waals surface area contributed by atoms with Gasteiger partial charge in [-0.3, -0.25) is 14.3 Å². The molecule has 0 radical (unpaired) electrons. The Bertz CT molecular complexity index is 1360. The molecule has 3 heterocycles. The highest BCUT2D eigenvalue weighted by Crippen LogP contribution is 2.36. The Morgan fingerprint density at radius 2 is 1.94 bits per heavy atom. The second kappa shape index (κ2) is 10.3. The zero-order valence-electron chi connectivity index (χ0n) is 19.8. The highest BCUT2D eigenvalue weighted by Gasteiger charge is 2.21. The second-order valence-corrected chi connectivity index (χ2v) is 11.1. The van der Waals surface area contributed by atoms with Crippen LogP contribution in [0.3, 0.4) is 0 Å². The summed E-state index contributed by atoms with van der Waals surface area (Å²) in [6, 6.07) is 16.4. The Hall–Kier alpha value is -2.47. The van der Waals surface area contributed by atoms with E-state index in [1.54, 1.807) is 6.33 Å². The van der Waals surface area contributed by atoms with Crippen LogP contribution in [0, 0.1) is 3.57 Å². The number of aromatic nitrogens is 2. The quantitative estimate of drug-likeness (QED) is 0.312. The van der Waals surface area contributed by atoms with E-state index in [1.807, 2.05) is 41.8 Å². The Labute approximate surface area is 222 Å². The molecule has 2 aromatic heterocycles. The van der Waals surface area contributed by atoms with E-state index >= 15 is 0 Å². The van der Waals surface area contributed by atoms with Gasteiger partial charge in [0, 0.05) is 47.9 Å². The Morgan fingerprint density at radius 3 is 2.69 bits per heavy atom. The number of benzene rings is 2. The minimum atomic E-state index is -0.494. The van der Waals surface area contributed by atoms with E-state index in [0.29, 0.717) is 10.6 Å². The summed E-state index contributed by atoms with van der Waals surface area (Å²) in [5.74, 6) is 0.00600. The third kappa shape index (κ3) is 5.23. The molecule has 1 fully saturated rings. The number of nitrogens with zero attached hydrogens (tertiary/aromatic N) is 4. The number of fused-ring (bicyclic) bond motifs is 1. The van der Waals surface area contributed by atoms with Crippen molar-refractivity contribution in [3.63, 3.8) is 0 Å². The molecule has 0 unspecified atom stereocenters. The van der Waals surface area contributed by atoms with E-state index < -0.39 is 5.91 Å². The van der Waals surface area contributed by atoms with Crippen molar-refractivity contribution >= 4 is 50.9 Å². The molecule has 1 saturated heterocycles. The molecule has 0 aliphatic carbocycles. The minimum absolute atomic E-state index is 0.224. The summed E-state index contributed by atoms with van der Waals surface area (Å²) in [5, 5.41) is 0.850. The van der Waals surface area contributed by atoms with Crippen LogP contribution in [0.15, 0.2) is 54.9 Å². The topological polar surface area (TPSA) is 76.6 Å². The fourth-order valence-corrected chi connectivity index (χ4v) is 6.14. The first-order chi connectivity index (χ1) is 16.9. The van der Waals surface area contributed by atoms with Gasteiger partial charge in [0.2, 0.25) is 0 Å². The SMILES string of the molecule is C[C@@H](Oc1cc(-n2cnc3ccc(CN4CCN(C)CC4)cc32)sc1C(N)=O)c1ccccc1I. The van der Waals surface area contributed by atoms with Crippen LogP contribution in [-0.2, 0) is 6.54 Å². The molecule has 4 aromatic rings. The number of rotatable bonds is 7. The number of carbonyl (C=O) groups is 1. The van der Waals surface area contributed by atoms with Crippen molar-refractivity contribution in [1.82, 2.24) is 19.4 Å². The Kier molecular flexibility index (Phi) is 7.10. The van der Waals surface area contributed by atoms with Crippen molar-refractivity contribution in [1.29, 1.82) is 0 Å². The molecule has 5 rings (SSSR count). The lowest BCUT2D eigenvalue weighted by molar-refractivity contribution is 0.0998. The summed E-state index contributed by atoms with van der Waals surface area (Å²) in [7, 11) is 2.17. The summed E-state index contributed by atoms with van der Waals surface area (Å²) in [6.45, 7) is 7.22. The third-order valence-corrected chi connectivity index (χ3v) is 8.52. The lowest BCUT2D eigenvalue weighted by Gasteiger charge is -2.32. The van der Waals surface area contributed by atoms with Crippen LogP contribution in [-0.4, -0.2) is 58.5 Å². The van der Waals surface area contributed by atoms with Crippen LogP contribution in [0.2, 0.25) is 0 Å². The van der Waals surface area contributed by atoms with E-state index in [4.69, 9.17) is 10.5 Å². The van der Waals surface area contributed by atoms with Crippen LogP contribution in [0.5, 0.6) is 5.75 Å². The fraction of sp³-hybridized carbons (Fsp3) is 0.308. The number of thiophene rings is 1. The van der Waals surface area contributed by atoms with Crippen molar-refractivity contribution in [3.8, 4) is 10.8 Å². The van der Waals surface area contributed by atoms with Gasteiger partial charge in [-0.05, 0) is 60.3 Å². The largest absolute Gasteiger partial charge is 0.484 e. The standard InChI is InChI=1S/C26H28IN5O2S/c1-17(19-5-3-4-6-20(19)27)34-23-14-24(35-25(23)26(28)33)32-16-29-21-8-7-18(13-22(21)32)15-31-11-9-30(2)10-12-31/h3-8,13-14,16-17H,9-12,15H2,1-2H3,(H2,28,33)/t17-/m1/s1. The summed E-state index contributed by atoms with van der Waals surface area (Å²) in [5.41, 5.74) is 9.97. The molecule has 1 aliphatic heterocycles. The van der Waals surface area contributed by atoms with E-state index in [0.717, 1.165) is 57.9 Å². The van der Waals surface area contributed by atoms with E-state index in [2.05, 4.69) is 62.6 Å². The smallest absolute Gasteiger partial charge is 0.262 e. The summed E-state index contributed by atoms with van der Waals surface area (Å²) >= 11 is 3.63. The predicted molar refractivity (Wildman–Crippen MR) is 148 cm³/mol. The van der Waals surface area contributed by atoms with E-state index in [1.165, 1.54) is 16.9 Å². The maximum absolute atomic E-state index is 12.3. The average Bonchev–Trinajstić information content (AvgIpc) is 3.44. The first-order valence-electron chi connectivity index (χ1n) is 11.6. The van der Waals surface area contributed by atoms with Crippen LogP contribution in [0.1, 0.15) is 33.8 Å². The maximum Gasteiger partial charge on any atom is 0.262 e. The molecule has 0 spiro atoms. The minimum Gasteiger partial charge on any atom is -0.484 e. The second-order valence-electron chi connectivity index (χ2n) is 8.94. The molecule has 2 N–H and O–H groups in total. The number of piperazine rings is 1. The number of hydrogen-bond donors (Lipinski definition) is 1. The Balaban J connectivity index is 1.44. The number of nitrogens with two attached hydrogens (primary N) is 1. The summed E-state index contributed by atoms with van der Waals surface area (Å²) in [6.07, 6.45) is 1.58. The van der Waals surface area contributed by atoms with Gasteiger partial charge in [-0.15, -0.1) is 11.3 Å². The molecule has 1 atom stereocenters. The van der Waals surface area contributed by atoms with Crippen molar-refractivity contribution < 1.29 is 9.53 Å². The van der Waals surface area contributed by atoms with Gasteiger partial charge in [-0.1, -0.05) is 24.3 Å². The highest BCUT2D eigenvalue weighted by atomic mass is 127. The number of imidazole rings is 1. The van der Waals surface area contributed by atoms with Gasteiger partial charge in [0.15, 0.2) is 0 Å².